The third-order valence-corrected chi connectivity index (χ3v) is 8.51. The maximum atomic E-state index is 14.3. The molecule has 4 rings (SSSR count). The molecule has 14 nitrogen and oxygen atoms in total. The zero-order chi connectivity index (χ0) is 40.8. The number of halogens is 1. The van der Waals surface area contributed by atoms with Gasteiger partial charge < -0.3 is 38.8 Å². The lowest BCUT2D eigenvalue weighted by atomic mass is 9.98. The van der Waals surface area contributed by atoms with Gasteiger partial charge >= 0.3 is 23.9 Å². The van der Waals surface area contributed by atoms with Gasteiger partial charge in [-0.2, -0.15) is 0 Å². The lowest BCUT2D eigenvalue weighted by molar-refractivity contribution is -0.163. The first-order chi connectivity index (χ1) is 26.7. The fourth-order valence-electron chi connectivity index (χ4n) is 5.85. The summed E-state index contributed by atoms with van der Waals surface area (Å²) in [5.41, 5.74) is 0.912. The number of esters is 3. The monoisotopic (exact) mass is 794 g/mol. The van der Waals surface area contributed by atoms with Crippen molar-refractivity contribution in [2.75, 3.05) is 38.8 Å². The highest BCUT2D eigenvalue weighted by atomic mass is 35.5. The van der Waals surface area contributed by atoms with Crippen LogP contribution in [-0.2, 0) is 49.3 Å². The van der Waals surface area contributed by atoms with E-state index in [0.29, 0.717) is 41.9 Å². The molecule has 1 amide bonds. The summed E-state index contributed by atoms with van der Waals surface area (Å²) in [4.78, 5) is 65.4. The molecular weight excluding hydrogens is 748 g/mol. The van der Waals surface area contributed by atoms with Crippen LogP contribution >= 0.6 is 11.6 Å². The molecule has 0 aromatic heterocycles. The molecule has 0 saturated heterocycles. The van der Waals surface area contributed by atoms with Crippen molar-refractivity contribution >= 4 is 47.1 Å². The smallest absolute Gasteiger partial charge is 0.367 e. The number of nitrogens with zero attached hydrogens (tertiary/aromatic N) is 1. The Morgan fingerprint density at radius 3 is 2.34 bits per heavy atom. The van der Waals surface area contributed by atoms with Crippen LogP contribution in [-0.4, -0.2) is 86.7 Å². The highest BCUT2D eigenvalue weighted by Crippen LogP contribution is 2.46. The summed E-state index contributed by atoms with van der Waals surface area (Å²) in [7, 11) is 2.56. The summed E-state index contributed by atoms with van der Waals surface area (Å²) in [6, 6.07) is 19.6. The fraction of sp³-hybridized carbons (Fsp3) is 0.390. The second kappa shape index (κ2) is 20.5. The molecule has 1 heterocycles. The Morgan fingerprint density at radius 2 is 1.66 bits per heavy atom. The van der Waals surface area contributed by atoms with Crippen molar-refractivity contribution in [2.24, 2.45) is 0 Å². The highest BCUT2D eigenvalue weighted by molar-refractivity contribution is 6.30. The molecule has 3 atom stereocenters. The zero-order valence-electron chi connectivity index (χ0n) is 32.0. The number of fused-ring (bicyclic) bond motifs is 1. The van der Waals surface area contributed by atoms with E-state index in [1.165, 1.54) is 30.9 Å². The predicted octanol–water partition coefficient (Wildman–Crippen LogP) is 5.58. The Bertz CT molecular complexity index is 1880. The fourth-order valence-corrected chi connectivity index (χ4v) is 6.03. The topological polar surface area (TPSA) is 176 Å². The van der Waals surface area contributed by atoms with Gasteiger partial charge in [-0.15, -0.1) is 0 Å². The molecule has 0 radical (unpaired) electrons. The zero-order valence-corrected chi connectivity index (χ0v) is 32.7. The third kappa shape index (κ3) is 12.3. The number of carbonyl (C=O) groups excluding carboxylic acids is 4. The second-order valence-corrected chi connectivity index (χ2v) is 14.0. The first-order valence-electron chi connectivity index (χ1n) is 18.0. The van der Waals surface area contributed by atoms with Crippen LogP contribution in [0.3, 0.4) is 0 Å². The van der Waals surface area contributed by atoms with E-state index in [1.54, 1.807) is 39.0 Å². The number of nitrogens with one attached hydrogen (secondary N) is 1. The van der Waals surface area contributed by atoms with Crippen LogP contribution in [0.4, 0.5) is 5.69 Å². The number of hydrogen-bond donors (Lipinski definition) is 2. The van der Waals surface area contributed by atoms with Gasteiger partial charge in [-0.3, -0.25) is 14.5 Å². The van der Waals surface area contributed by atoms with Crippen LogP contribution in [0.1, 0.15) is 62.8 Å². The average Bonchev–Trinajstić information content (AvgIpc) is 3.26. The van der Waals surface area contributed by atoms with Gasteiger partial charge in [-0.25, -0.2) is 14.4 Å². The number of carboxylic acids is 1. The number of benzene rings is 3. The molecule has 0 bridgehead atoms. The van der Waals surface area contributed by atoms with Gasteiger partial charge in [-0.1, -0.05) is 54.1 Å². The van der Waals surface area contributed by atoms with Crippen molar-refractivity contribution in [1.29, 1.82) is 0 Å². The number of carboxylic acid groups (broad SMARTS) is 1. The molecular formula is C41H47ClN2O12. The number of carbonyl (C=O) groups is 5. The molecule has 0 aliphatic carbocycles. The standard InChI is InChI=1S/C41H47ClN2O12/c1-41(2,3)56-34(46)20-19-33(45)55-39(40(49)50)44-30-18-17-27(42)24-29(30)36(54-32(38(44)48)25-35(47)51-4)28-15-9-16-31(37(28)52-5)53-23-11-22-43-21-10-14-26-12-7-6-8-13-26/h6-9,12-13,15-20,24,32,36,39,43H,10-11,14,21-23,25H2,1-5H3,(H,49,50)/b20-19+. The molecule has 2 N–H and O–H groups in total. The van der Waals surface area contributed by atoms with Crippen molar-refractivity contribution in [3.05, 3.63) is 101 Å². The van der Waals surface area contributed by atoms with E-state index in [4.69, 9.17) is 40.0 Å². The molecule has 1 aliphatic heterocycles. The molecule has 56 heavy (non-hydrogen) atoms. The maximum absolute atomic E-state index is 14.3. The Balaban J connectivity index is 1.62. The minimum Gasteiger partial charge on any atom is -0.492 e. The second-order valence-electron chi connectivity index (χ2n) is 13.6. The lowest BCUT2D eigenvalue weighted by Gasteiger charge is -2.29. The Morgan fingerprint density at radius 1 is 0.946 bits per heavy atom. The number of anilines is 1. The van der Waals surface area contributed by atoms with Crippen LogP contribution in [0, 0.1) is 0 Å². The van der Waals surface area contributed by atoms with Gasteiger partial charge in [0.2, 0.25) is 0 Å². The Labute approximate surface area is 330 Å². The maximum Gasteiger partial charge on any atom is 0.367 e. The van der Waals surface area contributed by atoms with E-state index in [1.807, 2.05) is 18.2 Å². The summed E-state index contributed by atoms with van der Waals surface area (Å²) in [6.07, 6.45) is -1.68. The van der Waals surface area contributed by atoms with E-state index in [9.17, 15) is 29.1 Å². The third-order valence-electron chi connectivity index (χ3n) is 8.27. The average molecular weight is 795 g/mol. The van der Waals surface area contributed by atoms with Crippen LogP contribution in [0.15, 0.2) is 78.9 Å². The number of rotatable bonds is 18. The lowest BCUT2D eigenvalue weighted by Crippen LogP contribution is -2.51. The molecule has 1 aliphatic rings. The van der Waals surface area contributed by atoms with Crippen molar-refractivity contribution < 1.29 is 57.5 Å². The number of para-hydroxylation sites is 1. The quantitative estimate of drug-likeness (QED) is 0.0708. The number of hydrogen-bond acceptors (Lipinski definition) is 12. The van der Waals surface area contributed by atoms with Gasteiger partial charge in [-0.05, 0) is 83.0 Å². The van der Waals surface area contributed by atoms with Crippen molar-refractivity contribution in [2.45, 2.75) is 70.5 Å². The summed E-state index contributed by atoms with van der Waals surface area (Å²) in [6.45, 7) is 6.78. The van der Waals surface area contributed by atoms with Crippen molar-refractivity contribution in [3.8, 4) is 11.5 Å². The molecule has 3 aromatic rings. The van der Waals surface area contributed by atoms with E-state index in [0.717, 1.165) is 32.6 Å². The van der Waals surface area contributed by atoms with Gasteiger partial charge in [0.1, 0.15) is 17.8 Å². The Kier molecular flexibility index (Phi) is 15.8. The number of amides is 1. The minimum absolute atomic E-state index is 0.0557. The summed E-state index contributed by atoms with van der Waals surface area (Å²) >= 11 is 6.47. The van der Waals surface area contributed by atoms with Gasteiger partial charge in [0.05, 0.1) is 32.9 Å². The number of aliphatic carboxylic acids is 1. The number of aryl methyl sites for hydroxylation is 1. The molecule has 3 aromatic carbocycles. The van der Waals surface area contributed by atoms with Crippen LogP contribution in [0.5, 0.6) is 11.5 Å². The number of ether oxygens (including phenoxy) is 6. The van der Waals surface area contributed by atoms with E-state index < -0.39 is 60.2 Å². The SMILES string of the molecule is COC(=O)CC1OC(c2cccc(OCCCNCCCc3ccccc3)c2OC)c2cc(Cl)ccc2N(C(OC(=O)/C=C/C(=O)OC(C)(C)C)C(=O)O)C1=O. The van der Waals surface area contributed by atoms with Crippen molar-refractivity contribution in [3.63, 3.8) is 0 Å². The van der Waals surface area contributed by atoms with Crippen LogP contribution < -0.4 is 19.7 Å². The van der Waals surface area contributed by atoms with Gasteiger partial charge in [0.15, 0.2) is 11.5 Å². The van der Waals surface area contributed by atoms with Crippen molar-refractivity contribution in [1.82, 2.24) is 5.32 Å². The highest BCUT2D eigenvalue weighted by Gasteiger charge is 2.45. The molecule has 0 saturated carbocycles. The largest absolute Gasteiger partial charge is 0.492 e. The van der Waals surface area contributed by atoms with Crippen LogP contribution in [0.25, 0.3) is 0 Å². The molecule has 15 heteroatoms. The summed E-state index contributed by atoms with van der Waals surface area (Å²) in [5.74, 6) is -5.15. The molecule has 3 unspecified atom stereocenters. The van der Waals surface area contributed by atoms with Crippen LogP contribution in [0.2, 0.25) is 5.02 Å². The normalized spacial score (nSPS) is 16.0. The minimum atomic E-state index is -2.29. The predicted molar refractivity (Wildman–Crippen MR) is 206 cm³/mol. The van der Waals surface area contributed by atoms with Gasteiger partial charge in [0, 0.05) is 28.3 Å². The van der Waals surface area contributed by atoms with Gasteiger partial charge in [0.25, 0.3) is 12.1 Å². The first kappa shape index (κ1) is 43.3. The molecule has 0 spiro atoms. The molecule has 0 fully saturated rings. The number of methoxy groups -OCH3 is 2. The Hall–Kier alpha value is -5.44. The molecule has 300 valence electrons. The first-order valence-corrected chi connectivity index (χ1v) is 18.3. The summed E-state index contributed by atoms with van der Waals surface area (Å²) < 4.78 is 33.5. The van der Waals surface area contributed by atoms with E-state index in [2.05, 4.69) is 17.4 Å². The van der Waals surface area contributed by atoms with E-state index >= 15 is 0 Å². The summed E-state index contributed by atoms with van der Waals surface area (Å²) in [5, 5.41) is 14.0. The van der Waals surface area contributed by atoms with E-state index in [-0.39, 0.29) is 22.0 Å².